The van der Waals surface area contributed by atoms with E-state index in [1.807, 2.05) is 0 Å². The van der Waals surface area contributed by atoms with E-state index in [-0.39, 0.29) is 5.56 Å². The van der Waals surface area contributed by atoms with Gasteiger partial charge in [0.1, 0.15) is 0 Å². The molecular formula is C16H25N3O2. The number of likely N-dealkylation sites (tertiary alicyclic amines) is 1. The fraction of sp³-hybridized carbons (Fsp3) is 0.750. The average molecular weight is 291 g/mol. The highest BCUT2D eigenvalue weighted by atomic mass is 16.5. The SMILES string of the molecule is O=c1ccncn1CC1CCN(CC2CCOCC2)CC1. The number of piperidine rings is 1. The Hall–Kier alpha value is -1.20. The summed E-state index contributed by atoms with van der Waals surface area (Å²) in [5.41, 5.74) is 0.0645. The number of nitrogens with zero attached hydrogens (tertiary/aromatic N) is 3. The molecule has 2 aliphatic heterocycles. The Morgan fingerprint density at radius 3 is 2.52 bits per heavy atom. The monoisotopic (exact) mass is 291 g/mol. The van der Waals surface area contributed by atoms with Crippen LogP contribution in [-0.4, -0.2) is 47.3 Å². The number of hydrogen-bond donors (Lipinski definition) is 0. The second-order valence-corrected chi connectivity index (χ2v) is 6.37. The molecule has 0 bridgehead atoms. The van der Waals surface area contributed by atoms with Crippen LogP contribution in [0.15, 0.2) is 23.4 Å². The molecule has 2 aliphatic rings. The van der Waals surface area contributed by atoms with Crippen LogP contribution in [-0.2, 0) is 11.3 Å². The second kappa shape index (κ2) is 7.18. The molecule has 0 amide bonds. The van der Waals surface area contributed by atoms with Crippen molar-refractivity contribution in [3.05, 3.63) is 28.9 Å². The molecular weight excluding hydrogens is 266 g/mol. The van der Waals surface area contributed by atoms with Crippen molar-refractivity contribution in [1.29, 1.82) is 0 Å². The fourth-order valence-corrected chi connectivity index (χ4v) is 3.44. The van der Waals surface area contributed by atoms with Crippen LogP contribution in [0.3, 0.4) is 0 Å². The van der Waals surface area contributed by atoms with Crippen LogP contribution in [0.4, 0.5) is 0 Å². The summed E-state index contributed by atoms with van der Waals surface area (Å²) in [6.45, 7) is 6.24. The normalized spacial score (nSPS) is 22.5. The van der Waals surface area contributed by atoms with Crippen molar-refractivity contribution in [2.75, 3.05) is 32.8 Å². The maximum Gasteiger partial charge on any atom is 0.253 e. The van der Waals surface area contributed by atoms with Gasteiger partial charge in [-0.15, -0.1) is 0 Å². The molecule has 0 aromatic carbocycles. The number of ether oxygens (including phenoxy) is 1. The summed E-state index contributed by atoms with van der Waals surface area (Å²) >= 11 is 0. The smallest absolute Gasteiger partial charge is 0.253 e. The zero-order valence-corrected chi connectivity index (χ0v) is 12.6. The molecule has 2 saturated heterocycles. The largest absolute Gasteiger partial charge is 0.381 e. The van der Waals surface area contributed by atoms with Crippen LogP contribution in [0.5, 0.6) is 0 Å². The molecule has 116 valence electrons. The van der Waals surface area contributed by atoms with Crippen molar-refractivity contribution < 1.29 is 4.74 Å². The Morgan fingerprint density at radius 1 is 1.10 bits per heavy atom. The van der Waals surface area contributed by atoms with E-state index in [1.54, 1.807) is 23.2 Å². The van der Waals surface area contributed by atoms with Gasteiger partial charge in [0.2, 0.25) is 0 Å². The van der Waals surface area contributed by atoms with Gasteiger partial charge < -0.3 is 9.64 Å². The minimum Gasteiger partial charge on any atom is -0.381 e. The highest BCUT2D eigenvalue weighted by Crippen LogP contribution is 2.22. The predicted octanol–water partition coefficient (Wildman–Crippen LogP) is 1.38. The minimum absolute atomic E-state index is 0.0645. The van der Waals surface area contributed by atoms with Gasteiger partial charge in [0.15, 0.2) is 0 Å². The van der Waals surface area contributed by atoms with Gasteiger partial charge in [0.25, 0.3) is 5.56 Å². The summed E-state index contributed by atoms with van der Waals surface area (Å²) in [5.74, 6) is 1.43. The van der Waals surface area contributed by atoms with Gasteiger partial charge in [-0.05, 0) is 50.6 Å². The van der Waals surface area contributed by atoms with Gasteiger partial charge in [-0.2, -0.15) is 0 Å². The molecule has 0 radical (unpaired) electrons. The number of aromatic nitrogens is 2. The molecule has 1 aromatic heterocycles. The van der Waals surface area contributed by atoms with E-state index < -0.39 is 0 Å². The first-order valence-corrected chi connectivity index (χ1v) is 8.12. The standard InChI is InChI=1S/C16H25N3O2/c20-16-1-6-17-13-19(16)12-14-2-7-18(8-3-14)11-15-4-9-21-10-5-15/h1,6,13-15H,2-5,7-12H2. The molecule has 5 heteroatoms. The summed E-state index contributed by atoms with van der Waals surface area (Å²) in [6.07, 6.45) is 8.02. The Bertz CT molecular complexity index is 488. The van der Waals surface area contributed by atoms with Crippen molar-refractivity contribution in [1.82, 2.24) is 14.5 Å². The van der Waals surface area contributed by atoms with Gasteiger partial charge in [-0.3, -0.25) is 9.36 Å². The molecule has 21 heavy (non-hydrogen) atoms. The maximum absolute atomic E-state index is 11.7. The molecule has 0 aliphatic carbocycles. The zero-order valence-electron chi connectivity index (χ0n) is 12.6. The van der Waals surface area contributed by atoms with E-state index in [0.29, 0.717) is 5.92 Å². The van der Waals surface area contributed by atoms with Gasteiger partial charge in [-0.1, -0.05) is 0 Å². The summed E-state index contributed by atoms with van der Waals surface area (Å²) in [7, 11) is 0. The van der Waals surface area contributed by atoms with Crippen LogP contribution in [0.2, 0.25) is 0 Å². The third-order valence-electron chi connectivity index (χ3n) is 4.81. The summed E-state index contributed by atoms with van der Waals surface area (Å²) in [4.78, 5) is 18.4. The van der Waals surface area contributed by atoms with Crippen LogP contribution >= 0.6 is 0 Å². The first-order valence-electron chi connectivity index (χ1n) is 8.12. The number of hydrogen-bond acceptors (Lipinski definition) is 4. The van der Waals surface area contributed by atoms with E-state index >= 15 is 0 Å². The van der Waals surface area contributed by atoms with E-state index in [9.17, 15) is 4.79 Å². The van der Waals surface area contributed by atoms with E-state index in [4.69, 9.17) is 4.74 Å². The molecule has 5 nitrogen and oxygen atoms in total. The summed E-state index contributed by atoms with van der Waals surface area (Å²) in [6, 6.07) is 1.54. The van der Waals surface area contributed by atoms with Gasteiger partial charge >= 0.3 is 0 Å². The molecule has 0 spiro atoms. The Morgan fingerprint density at radius 2 is 1.81 bits per heavy atom. The molecule has 2 fully saturated rings. The highest BCUT2D eigenvalue weighted by molar-refractivity contribution is 4.84. The highest BCUT2D eigenvalue weighted by Gasteiger charge is 2.23. The lowest BCUT2D eigenvalue weighted by atomic mass is 9.94. The average Bonchev–Trinajstić information content (AvgIpc) is 2.52. The van der Waals surface area contributed by atoms with Crippen molar-refractivity contribution in [3.63, 3.8) is 0 Å². The van der Waals surface area contributed by atoms with Crippen molar-refractivity contribution in [3.8, 4) is 0 Å². The molecule has 0 atom stereocenters. The van der Waals surface area contributed by atoms with Crippen LogP contribution in [0.1, 0.15) is 25.7 Å². The van der Waals surface area contributed by atoms with Crippen molar-refractivity contribution in [2.24, 2.45) is 11.8 Å². The molecule has 0 unspecified atom stereocenters. The molecule has 0 saturated carbocycles. The van der Waals surface area contributed by atoms with Crippen LogP contribution < -0.4 is 5.56 Å². The lowest BCUT2D eigenvalue weighted by Gasteiger charge is -2.35. The van der Waals surface area contributed by atoms with Crippen LogP contribution in [0.25, 0.3) is 0 Å². The first kappa shape index (κ1) is 14.7. The summed E-state index contributed by atoms with van der Waals surface area (Å²) in [5, 5.41) is 0. The topological polar surface area (TPSA) is 47.4 Å². The van der Waals surface area contributed by atoms with E-state index in [1.165, 1.54) is 32.2 Å². The third-order valence-corrected chi connectivity index (χ3v) is 4.81. The lowest BCUT2D eigenvalue weighted by Crippen LogP contribution is -2.39. The Kier molecular flexibility index (Phi) is 5.04. The predicted molar refractivity (Wildman–Crippen MR) is 81.2 cm³/mol. The third kappa shape index (κ3) is 4.14. The Balaban J connectivity index is 1.44. The van der Waals surface area contributed by atoms with Crippen molar-refractivity contribution >= 4 is 0 Å². The molecule has 0 N–H and O–H groups in total. The quantitative estimate of drug-likeness (QED) is 0.841. The van der Waals surface area contributed by atoms with E-state index in [0.717, 1.165) is 38.8 Å². The summed E-state index contributed by atoms with van der Waals surface area (Å²) < 4.78 is 7.18. The second-order valence-electron chi connectivity index (χ2n) is 6.37. The van der Waals surface area contributed by atoms with Crippen LogP contribution in [0, 0.1) is 11.8 Å². The molecule has 1 aromatic rings. The molecule has 3 heterocycles. The zero-order chi connectivity index (χ0) is 14.5. The number of rotatable bonds is 4. The van der Waals surface area contributed by atoms with Gasteiger partial charge in [0.05, 0.1) is 6.33 Å². The maximum atomic E-state index is 11.7. The van der Waals surface area contributed by atoms with E-state index in [2.05, 4.69) is 9.88 Å². The minimum atomic E-state index is 0.0645. The van der Waals surface area contributed by atoms with Crippen molar-refractivity contribution in [2.45, 2.75) is 32.2 Å². The first-order chi connectivity index (χ1) is 10.3. The fourth-order valence-electron chi connectivity index (χ4n) is 3.44. The van der Waals surface area contributed by atoms with Gasteiger partial charge in [0, 0.05) is 38.6 Å². The lowest BCUT2D eigenvalue weighted by molar-refractivity contribution is 0.0461. The Labute approximate surface area is 125 Å². The molecule has 3 rings (SSSR count). The van der Waals surface area contributed by atoms with Gasteiger partial charge in [-0.25, -0.2) is 4.98 Å².